The minimum atomic E-state index is -1.34. The van der Waals surface area contributed by atoms with E-state index < -0.39 is 84.1 Å². The van der Waals surface area contributed by atoms with Crippen LogP contribution in [-0.2, 0) is 33.6 Å². The lowest BCUT2D eigenvalue weighted by Crippen LogP contribution is -2.59. The molecular formula is C26H42N6O9. The number of carbonyl (C=O) groups excluding carboxylic acids is 5. The van der Waals surface area contributed by atoms with E-state index in [1.165, 1.54) is 23.6 Å². The van der Waals surface area contributed by atoms with Crippen LogP contribution in [0.5, 0.6) is 0 Å². The maximum absolute atomic E-state index is 13.7. The molecule has 0 aliphatic carbocycles. The van der Waals surface area contributed by atoms with Gasteiger partial charge in [0.05, 0.1) is 12.5 Å². The molecule has 2 heterocycles. The number of hydrogen-bond acceptors (Lipinski definition) is 8. The van der Waals surface area contributed by atoms with Gasteiger partial charge in [-0.25, -0.2) is 0 Å². The van der Waals surface area contributed by atoms with Crippen molar-refractivity contribution in [1.29, 1.82) is 0 Å². The summed E-state index contributed by atoms with van der Waals surface area (Å²) in [7, 11) is 0. The zero-order valence-corrected chi connectivity index (χ0v) is 23.9. The molecule has 2 fully saturated rings. The molecule has 15 heteroatoms. The van der Waals surface area contributed by atoms with E-state index in [-0.39, 0.29) is 19.0 Å². The lowest BCUT2D eigenvalue weighted by Gasteiger charge is -2.34. The van der Waals surface area contributed by atoms with E-state index in [1.54, 1.807) is 6.92 Å². The molecule has 0 saturated carbocycles. The monoisotopic (exact) mass is 582 g/mol. The molecule has 15 nitrogen and oxygen atoms in total. The lowest BCUT2D eigenvalue weighted by molar-refractivity contribution is -0.149. The van der Waals surface area contributed by atoms with Crippen molar-refractivity contribution in [2.24, 2.45) is 11.7 Å². The molecule has 0 unspecified atom stereocenters. The predicted octanol–water partition coefficient (Wildman–Crippen LogP) is -1.60. The van der Waals surface area contributed by atoms with Gasteiger partial charge in [-0.15, -0.1) is 0 Å². The summed E-state index contributed by atoms with van der Waals surface area (Å²) in [4.78, 5) is 90.0. The SMILES string of the molecule is CC[C@H](C)[C@H](NC(=O)[C@@H](N)CC(=O)O)C(=O)N1CCC[C@H]1C(=O)N1CCC[C@H]1C(=O)N[C@@H](C)C(=O)N[C@@H](C)C(=O)O. The van der Waals surface area contributed by atoms with Gasteiger partial charge >= 0.3 is 11.9 Å². The van der Waals surface area contributed by atoms with Crippen LogP contribution in [0.1, 0.15) is 66.2 Å². The number of hydrogen-bond donors (Lipinski definition) is 6. The quantitative estimate of drug-likeness (QED) is 0.146. The molecule has 5 amide bonds. The van der Waals surface area contributed by atoms with Crippen LogP contribution >= 0.6 is 0 Å². The van der Waals surface area contributed by atoms with E-state index >= 15 is 0 Å². The average molecular weight is 583 g/mol. The first-order valence-corrected chi connectivity index (χ1v) is 13.9. The van der Waals surface area contributed by atoms with E-state index in [0.717, 1.165) is 0 Å². The fraction of sp³-hybridized carbons (Fsp3) is 0.731. The number of carboxylic acids is 2. The second kappa shape index (κ2) is 14.8. The summed E-state index contributed by atoms with van der Waals surface area (Å²) in [5.41, 5.74) is 5.69. The molecule has 7 atom stereocenters. The van der Waals surface area contributed by atoms with Crippen LogP contribution < -0.4 is 21.7 Å². The van der Waals surface area contributed by atoms with Crippen LogP contribution in [0.3, 0.4) is 0 Å². The second-order valence-electron chi connectivity index (χ2n) is 10.8. The molecule has 2 aliphatic rings. The molecule has 0 aromatic heterocycles. The van der Waals surface area contributed by atoms with Crippen LogP contribution in [-0.4, -0.2) is 111 Å². The maximum Gasteiger partial charge on any atom is 0.325 e. The average Bonchev–Trinajstić information content (AvgIpc) is 3.60. The van der Waals surface area contributed by atoms with Gasteiger partial charge in [0, 0.05) is 13.1 Å². The van der Waals surface area contributed by atoms with Gasteiger partial charge in [-0.2, -0.15) is 0 Å². The summed E-state index contributed by atoms with van der Waals surface area (Å²) >= 11 is 0. The second-order valence-corrected chi connectivity index (χ2v) is 10.8. The first-order valence-electron chi connectivity index (χ1n) is 13.9. The highest BCUT2D eigenvalue weighted by Crippen LogP contribution is 2.27. The van der Waals surface area contributed by atoms with Crippen molar-refractivity contribution in [2.75, 3.05) is 13.1 Å². The maximum atomic E-state index is 13.7. The smallest absolute Gasteiger partial charge is 0.325 e. The first kappa shape index (κ1) is 33.5. The van der Waals surface area contributed by atoms with Crippen molar-refractivity contribution >= 4 is 41.5 Å². The van der Waals surface area contributed by atoms with Gasteiger partial charge in [-0.05, 0) is 45.4 Å². The largest absolute Gasteiger partial charge is 0.481 e. The minimum absolute atomic E-state index is 0.267. The Bertz CT molecular complexity index is 1040. The van der Waals surface area contributed by atoms with Crippen molar-refractivity contribution in [3.63, 3.8) is 0 Å². The summed E-state index contributed by atoms with van der Waals surface area (Å²) in [6.45, 7) is 6.84. The predicted molar refractivity (Wildman–Crippen MR) is 144 cm³/mol. The van der Waals surface area contributed by atoms with Crippen LogP contribution in [0.4, 0.5) is 0 Å². The number of nitrogens with one attached hydrogen (secondary N) is 3. The van der Waals surface area contributed by atoms with Crippen LogP contribution in [0.25, 0.3) is 0 Å². The van der Waals surface area contributed by atoms with Crippen molar-refractivity contribution in [3.8, 4) is 0 Å². The Morgan fingerprint density at radius 2 is 1.41 bits per heavy atom. The van der Waals surface area contributed by atoms with Gasteiger partial charge in [-0.1, -0.05) is 20.3 Å². The highest BCUT2D eigenvalue weighted by atomic mass is 16.4. The molecule has 0 radical (unpaired) electrons. The molecule has 2 rings (SSSR count). The standard InChI is InChI=1S/C26H42N6O9/c1-5-13(2)20(30-22(36)16(27)12-19(33)34)25(39)32-11-7-9-18(32)24(38)31-10-6-8-17(31)23(37)28-14(3)21(35)29-15(4)26(40)41/h13-18,20H,5-12,27H2,1-4H3,(H,28,37)(H,29,35)(H,30,36)(H,33,34)(H,40,41)/t13-,14-,15-,16-,17-,18-,20-/m0/s1. The van der Waals surface area contributed by atoms with E-state index in [0.29, 0.717) is 32.1 Å². The Labute approximate surface area is 238 Å². The van der Waals surface area contributed by atoms with Gasteiger partial charge in [0.1, 0.15) is 30.2 Å². The number of nitrogens with two attached hydrogens (primary N) is 1. The van der Waals surface area contributed by atoms with Crippen molar-refractivity contribution in [1.82, 2.24) is 25.8 Å². The summed E-state index contributed by atoms with van der Waals surface area (Å²) in [6.07, 6.45) is 1.70. The van der Waals surface area contributed by atoms with Crippen molar-refractivity contribution < 1.29 is 43.8 Å². The van der Waals surface area contributed by atoms with Gasteiger partial charge < -0.3 is 41.7 Å². The molecule has 0 aromatic rings. The van der Waals surface area contributed by atoms with E-state index in [1.807, 2.05) is 6.92 Å². The summed E-state index contributed by atoms with van der Waals surface area (Å²) in [5, 5.41) is 25.3. The molecular weight excluding hydrogens is 540 g/mol. The zero-order chi connectivity index (χ0) is 31.0. The van der Waals surface area contributed by atoms with Gasteiger partial charge in [0.2, 0.25) is 29.5 Å². The van der Waals surface area contributed by atoms with E-state index in [2.05, 4.69) is 16.0 Å². The third-order valence-electron chi connectivity index (χ3n) is 7.65. The number of carboxylic acid groups (broad SMARTS) is 2. The summed E-state index contributed by atoms with van der Waals surface area (Å²) in [5.74, 6) is -5.72. The Balaban J connectivity index is 2.13. The molecule has 230 valence electrons. The molecule has 7 N–H and O–H groups in total. The fourth-order valence-electron chi connectivity index (χ4n) is 4.96. The Morgan fingerprint density at radius 3 is 1.98 bits per heavy atom. The molecule has 2 saturated heterocycles. The Morgan fingerprint density at radius 1 is 0.829 bits per heavy atom. The third kappa shape index (κ3) is 8.62. The Kier molecular flexibility index (Phi) is 12.0. The number of rotatable bonds is 13. The molecule has 0 aromatic carbocycles. The summed E-state index contributed by atoms with van der Waals surface area (Å²) < 4.78 is 0. The highest BCUT2D eigenvalue weighted by Gasteiger charge is 2.44. The number of likely N-dealkylation sites (tertiary alicyclic amines) is 2. The zero-order valence-electron chi connectivity index (χ0n) is 23.9. The van der Waals surface area contributed by atoms with Crippen LogP contribution in [0.15, 0.2) is 0 Å². The number of aliphatic carboxylic acids is 2. The molecule has 0 bridgehead atoms. The van der Waals surface area contributed by atoms with Gasteiger partial charge in [-0.3, -0.25) is 33.6 Å². The summed E-state index contributed by atoms with van der Waals surface area (Å²) in [6, 6.07) is -6.28. The number of carbonyl (C=O) groups is 7. The van der Waals surface area contributed by atoms with Crippen molar-refractivity contribution in [3.05, 3.63) is 0 Å². The lowest BCUT2D eigenvalue weighted by atomic mass is 9.96. The minimum Gasteiger partial charge on any atom is -0.481 e. The molecule has 2 aliphatic heterocycles. The number of nitrogens with zero attached hydrogens (tertiary/aromatic N) is 2. The highest BCUT2D eigenvalue weighted by molar-refractivity contribution is 5.97. The van der Waals surface area contributed by atoms with E-state index in [9.17, 15) is 33.6 Å². The van der Waals surface area contributed by atoms with Crippen LogP contribution in [0.2, 0.25) is 0 Å². The van der Waals surface area contributed by atoms with E-state index in [4.69, 9.17) is 15.9 Å². The fourth-order valence-corrected chi connectivity index (χ4v) is 4.96. The molecule has 0 spiro atoms. The van der Waals surface area contributed by atoms with Crippen LogP contribution in [0, 0.1) is 5.92 Å². The first-order chi connectivity index (χ1) is 19.2. The van der Waals surface area contributed by atoms with Crippen molar-refractivity contribution in [2.45, 2.75) is 102 Å². The third-order valence-corrected chi connectivity index (χ3v) is 7.65. The normalized spacial score (nSPS) is 22.2. The topological polar surface area (TPSA) is 229 Å². The number of amides is 5. The Hall–Kier alpha value is -3.75. The van der Waals surface area contributed by atoms with Gasteiger partial charge in [0.25, 0.3) is 0 Å². The van der Waals surface area contributed by atoms with Gasteiger partial charge in [0.15, 0.2) is 0 Å². The molecule has 41 heavy (non-hydrogen) atoms.